The minimum absolute atomic E-state index is 0.386. The molecule has 0 bridgehead atoms. The Labute approximate surface area is 165 Å². The molecule has 2 heterocycles. The van der Waals surface area contributed by atoms with E-state index in [9.17, 15) is 0 Å². The van der Waals surface area contributed by atoms with Crippen molar-refractivity contribution in [3.05, 3.63) is 107 Å². The molecule has 0 amide bonds. The highest BCUT2D eigenvalue weighted by Crippen LogP contribution is 2.29. The van der Waals surface area contributed by atoms with Gasteiger partial charge in [0.2, 0.25) is 0 Å². The van der Waals surface area contributed by atoms with Gasteiger partial charge in [0, 0.05) is 16.6 Å². The molecule has 1 fully saturated rings. The lowest BCUT2D eigenvalue weighted by atomic mass is 9.95. The van der Waals surface area contributed by atoms with Crippen LogP contribution in [-0.4, -0.2) is 17.3 Å². The van der Waals surface area contributed by atoms with E-state index in [1.807, 2.05) is 0 Å². The van der Waals surface area contributed by atoms with Crippen molar-refractivity contribution in [2.24, 2.45) is 0 Å². The third-order valence-electron chi connectivity index (χ3n) is 5.40. The molecule has 3 aromatic carbocycles. The Bertz CT molecular complexity index is 1090. The molecule has 1 unspecified atom stereocenters. The SMILES string of the molecule is Cc1cc2cc(C=C(c3ccccc3)c3ccccc3)ccc2n1CC1CO1. The fraction of sp³-hybridized carbons (Fsp3) is 0.154. The van der Waals surface area contributed by atoms with Crippen LogP contribution < -0.4 is 0 Å². The molecular formula is C26H23NO. The van der Waals surface area contributed by atoms with E-state index in [4.69, 9.17) is 4.74 Å². The maximum atomic E-state index is 5.43. The van der Waals surface area contributed by atoms with E-state index >= 15 is 0 Å². The number of nitrogens with zero attached hydrogens (tertiary/aromatic N) is 1. The van der Waals surface area contributed by atoms with Gasteiger partial charge in [0.25, 0.3) is 0 Å². The number of fused-ring (bicyclic) bond motifs is 1. The zero-order valence-corrected chi connectivity index (χ0v) is 16.0. The first-order chi connectivity index (χ1) is 13.8. The molecule has 1 saturated heterocycles. The van der Waals surface area contributed by atoms with Crippen LogP contribution >= 0.6 is 0 Å². The fourth-order valence-electron chi connectivity index (χ4n) is 3.87. The largest absolute Gasteiger partial charge is 0.371 e. The Balaban J connectivity index is 1.59. The van der Waals surface area contributed by atoms with Gasteiger partial charge in [0.05, 0.1) is 19.3 Å². The van der Waals surface area contributed by atoms with Crippen molar-refractivity contribution in [1.29, 1.82) is 0 Å². The zero-order chi connectivity index (χ0) is 18.9. The molecule has 1 aliphatic heterocycles. The number of hydrogen-bond acceptors (Lipinski definition) is 1. The molecule has 0 N–H and O–H groups in total. The zero-order valence-electron chi connectivity index (χ0n) is 16.0. The van der Waals surface area contributed by atoms with Gasteiger partial charge in [-0.25, -0.2) is 0 Å². The van der Waals surface area contributed by atoms with Crippen molar-refractivity contribution in [2.45, 2.75) is 19.6 Å². The molecule has 138 valence electrons. The summed E-state index contributed by atoms with van der Waals surface area (Å²) in [6.45, 7) is 4.01. The number of benzene rings is 3. The number of aromatic nitrogens is 1. The second-order valence-corrected chi connectivity index (χ2v) is 7.46. The number of epoxide rings is 1. The monoisotopic (exact) mass is 365 g/mol. The van der Waals surface area contributed by atoms with Gasteiger partial charge in [-0.2, -0.15) is 0 Å². The van der Waals surface area contributed by atoms with Crippen LogP contribution in [0.15, 0.2) is 84.9 Å². The summed E-state index contributed by atoms with van der Waals surface area (Å²) >= 11 is 0. The molecule has 1 atom stereocenters. The standard InChI is InChI=1S/C26H23NO/c1-19-14-23-15-20(12-13-26(23)27(19)17-24-18-28-24)16-25(21-8-4-2-5-9-21)22-10-6-3-7-11-22/h2-16,24H,17-18H2,1H3. The van der Waals surface area contributed by atoms with Crippen molar-refractivity contribution in [3.63, 3.8) is 0 Å². The molecule has 0 radical (unpaired) electrons. The Morgan fingerprint density at radius 1 is 0.929 bits per heavy atom. The molecule has 5 rings (SSSR count). The van der Waals surface area contributed by atoms with Gasteiger partial charge in [0.1, 0.15) is 0 Å². The summed E-state index contributed by atoms with van der Waals surface area (Å²) in [7, 11) is 0. The summed E-state index contributed by atoms with van der Waals surface area (Å²) in [6, 6.07) is 30.2. The number of aryl methyl sites for hydroxylation is 1. The minimum Gasteiger partial charge on any atom is -0.371 e. The van der Waals surface area contributed by atoms with E-state index < -0.39 is 0 Å². The lowest BCUT2D eigenvalue weighted by Gasteiger charge is -2.10. The molecule has 1 aromatic heterocycles. The summed E-state index contributed by atoms with van der Waals surface area (Å²) in [5.74, 6) is 0. The quantitative estimate of drug-likeness (QED) is 0.316. The third kappa shape index (κ3) is 3.39. The average Bonchev–Trinajstić information content (AvgIpc) is 3.51. The summed E-state index contributed by atoms with van der Waals surface area (Å²) in [5, 5.41) is 1.28. The van der Waals surface area contributed by atoms with Gasteiger partial charge in [-0.15, -0.1) is 0 Å². The van der Waals surface area contributed by atoms with Crippen molar-refractivity contribution >= 4 is 22.6 Å². The number of rotatable bonds is 5. The Hall–Kier alpha value is -3.10. The van der Waals surface area contributed by atoms with Crippen LogP contribution in [-0.2, 0) is 11.3 Å². The first kappa shape index (κ1) is 17.0. The van der Waals surface area contributed by atoms with Gasteiger partial charge in [0.15, 0.2) is 0 Å². The van der Waals surface area contributed by atoms with Crippen LogP contribution in [0.1, 0.15) is 22.4 Å². The first-order valence-corrected chi connectivity index (χ1v) is 9.82. The highest BCUT2D eigenvalue weighted by atomic mass is 16.6. The molecule has 28 heavy (non-hydrogen) atoms. The summed E-state index contributed by atoms with van der Waals surface area (Å²) in [4.78, 5) is 0. The maximum absolute atomic E-state index is 5.43. The van der Waals surface area contributed by atoms with Gasteiger partial charge in [-0.1, -0.05) is 66.7 Å². The van der Waals surface area contributed by atoms with E-state index in [1.165, 1.54) is 38.9 Å². The van der Waals surface area contributed by atoms with Crippen molar-refractivity contribution in [2.75, 3.05) is 6.61 Å². The van der Waals surface area contributed by atoms with Crippen LogP contribution in [0, 0.1) is 6.92 Å². The maximum Gasteiger partial charge on any atom is 0.0988 e. The third-order valence-corrected chi connectivity index (χ3v) is 5.40. The van der Waals surface area contributed by atoms with E-state index in [0.717, 1.165) is 13.2 Å². The molecule has 2 nitrogen and oxygen atoms in total. The van der Waals surface area contributed by atoms with Gasteiger partial charge in [-0.05, 0) is 53.5 Å². The molecule has 1 aliphatic rings. The number of ether oxygens (including phenoxy) is 1. The Morgan fingerprint density at radius 3 is 2.18 bits per heavy atom. The molecule has 0 saturated carbocycles. The predicted octanol–water partition coefficient (Wildman–Crippen LogP) is 5.94. The first-order valence-electron chi connectivity index (χ1n) is 9.82. The average molecular weight is 365 g/mol. The minimum atomic E-state index is 0.386. The number of hydrogen-bond donors (Lipinski definition) is 0. The predicted molar refractivity (Wildman–Crippen MR) is 116 cm³/mol. The highest BCUT2D eigenvalue weighted by Gasteiger charge is 2.24. The van der Waals surface area contributed by atoms with E-state index in [0.29, 0.717) is 6.10 Å². The van der Waals surface area contributed by atoms with Crippen molar-refractivity contribution in [1.82, 2.24) is 4.57 Å². The lowest BCUT2D eigenvalue weighted by molar-refractivity contribution is 0.384. The second kappa shape index (κ2) is 7.14. The fourth-order valence-corrected chi connectivity index (χ4v) is 3.87. The van der Waals surface area contributed by atoms with E-state index in [1.54, 1.807) is 0 Å². The summed E-state index contributed by atoms with van der Waals surface area (Å²) in [5.41, 5.74) is 7.49. The van der Waals surface area contributed by atoms with Crippen LogP contribution in [0.5, 0.6) is 0 Å². The summed E-state index contributed by atoms with van der Waals surface area (Å²) < 4.78 is 7.80. The highest BCUT2D eigenvalue weighted by molar-refractivity contribution is 5.93. The molecule has 4 aromatic rings. The second-order valence-electron chi connectivity index (χ2n) is 7.46. The molecule has 2 heteroatoms. The van der Waals surface area contributed by atoms with Gasteiger partial charge in [-0.3, -0.25) is 0 Å². The molecule has 0 spiro atoms. The van der Waals surface area contributed by atoms with Gasteiger partial charge >= 0.3 is 0 Å². The molecule has 0 aliphatic carbocycles. The molecular weight excluding hydrogens is 342 g/mol. The van der Waals surface area contributed by atoms with Crippen LogP contribution in [0.3, 0.4) is 0 Å². The normalized spacial score (nSPS) is 15.5. The van der Waals surface area contributed by atoms with Crippen LogP contribution in [0.2, 0.25) is 0 Å². The van der Waals surface area contributed by atoms with Crippen molar-refractivity contribution in [3.8, 4) is 0 Å². The summed E-state index contributed by atoms with van der Waals surface area (Å²) in [6.07, 6.45) is 2.68. The van der Waals surface area contributed by atoms with Crippen LogP contribution in [0.4, 0.5) is 0 Å². The van der Waals surface area contributed by atoms with Crippen molar-refractivity contribution < 1.29 is 4.74 Å². The van der Waals surface area contributed by atoms with Crippen LogP contribution in [0.25, 0.3) is 22.6 Å². The topological polar surface area (TPSA) is 17.5 Å². The lowest BCUT2D eigenvalue weighted by Crippen LogP contribution is -2.05. The smallest absolute Gasteiger partial charge is 0.0988 e. The van der Waals surface area contributed by atoms with E-state index in [2.05, 4.69) is 102 Å². The van der Waals surface area contributed by atoms with Gasteiger partial charge < -0.3 is 9.30 Å². The Kier molecular flexibility index (Phi) is 4.34. The van der Waals surface area contributed by atoms with E-state index in [-0.39, 0.29) is 0 Å². The Morgan fingerprint density at radius 2 is 1.57 bits per heavy atom.